The third-order valence-electron chi connectivity index (χ3n) is 16.8. The molecule has 0 saturated heterocycles. The van der Waals surface area contributed by atoms with E-state index in [9.17, 15) is 0 Å². The smallest absolute Gasteiger partial charge is 0.164 e. The number of hydrogen-bond acceptors (Lipinski definition) is 4. The Labute approximate surface area is 471 Å². The average molecular weight is 1050 g/mol. The highest BCUT2D eigenvalue weighted by molar-refractivity contribution is 6.15. The second-order valence-corrected chi connectivity index (χ2v) is 21.4. The van der Waals surface area contributed by atoms with Crippen LogP contribution in [0, 0.1) is 0 Å². The molecule has 1 atom stereocenters. The Morgan fingerprint density at radius 3 is 1.37 bits per heavy atom. The minimum atomic E-state index is 0.0223. The van der Waals surface area contributed by atoms with Gasteiger partial charge in [0.25, 0.3) is 0 Å². The van der Waals surface area contributed by atoms with Gasteiger partial charge in [-0.3, -0.25) is 0 Å². The van der Waals surface area contributed by atoms with Gasteiger partial charge in [0.15, 0.2) is 17.5 Å². The third-order valence-corrected chi connectivity index (χ3v) is 16.8. The van der Waals surface area contributed by atoms with E-state index >= 15 is 0 Å². The SMILES string of the molecule is C1=CCC(c2cc(-c3nc(-c4ccccc4)nc(-c4ccc5c(c4)oc4ccccc45)n3)cc(-c3ccccc3)c2-n2c3ccc(-n4c5ccccc5c5ccccc54)cc3c3cc(-n4c5ccccc5c5ccccc54)ccc32)C=C1. The Bertz CT molecular complexity index is 5050. The molecule has 11 aromatic carbocycles. The van der Waals surface area contributed by atoms with E-state index in [2.05, 4.69) is 250 Å². The van der Waals surface area contributed by atoms with Gasteiger partial charge in [-0.15, -0.1) is 0 Å². The summed E-state index contributed by atoms with van der Waals surface area (Å²) in [5.41, 5.74) is 17.8. The van der Waals surface area contributed by atoms with Crippen molar-refractivity contribution in [1.82, 2.24) is 28.7 Å². The average Bonchev–Trinajstić information content (AvgIpc) is 3.01. The molecule has 0 radical (unpaired) electrons. The number of nitrogens with zero attached hydrogens (tertiary/aromatic N) is 6. The van der Waals surface area contributed by atoms with Gasteiger partial charge in [-0.2, -0.15) is 0 Å². The predicted octanol–water partition coefficient (Wildman–Crippen LogP) is 19.3. The molecule has 5 aromatic heterocycles. The van der Waals surface area contributed by atoms with Crippen LogP contribution in [0.25, 0.3) is 150 Å². The predicted molar refractivity (Wildman–Crippen MR) is 338 cm³/mol. The molecule has 0 amide bonds. The second kappa shape index (κ2) is 18.3. The maximum atomic E-state index is 6.43. The number of hydrogen-bond donors (Lipinski definition) is 0. The number of rotatable bonds is 8. The fraction of sp³-hybridized carbons (Fsp3) is 0.0267. The molecule has 1 unspecified atom stereocenters. The van der Waals surface area contributed by atoms with Gasteiger partial charge in [0.2, 0.25) is 0 Å². The standard InChI is InChI=1S/C75H48N6O/c1-4-20-47(21-5-1)60-42-51(75-77-73(49-24-8-3-9-25-49)76-74(78-75)50-36-39-59-58-30-14-19-35-70(58)82-71(59)44-50)43-61(48-22-6-2-7-23-48)72(60)81-68-40-37-52(79-64-31-15-10-26-54(64)55-27-11-16-32-65(55)79)45-62(68)63-46-53(38-41-69(63)81)80-66-33-17-12-28-56(66)57-29-13-18-34-67(57)80/h1-22,24-46,48H,23H2. The molecule has 1 aliphatic carbocycles. The molecule has 1 aliphatic rings. The lowest BCUT2D eigenvalue weighted by molar-refractivity contribution is 0.669. The summed E-state index contributed by atoms with van der Waals surface area (Å²) in [6.07, 6.45) is 9.81. The highest BCUT2D eigenvalue weighted by Crippen LogP contribution is 2.46. The molecule has 384 valence electrons. The van der Waals surface area contributed by atoms with Crippen LogP contribution >= 0.6 is 0 Å². The van der Waals surface area contributed by atoms with Crippen LogP contribution in [0.3, 0.4) is 0 Å². The molecule has 0 bridgehead atoms. The summed E-state index contributed by atoms with van der Waals surface area (Å²) in [6, 6.07) is 89.4. The molecule has 0 spiro atoms. The summed E-state index contributed by atoms with van der Waals surface area (Å²) in [5, 5.41) is 9.36. The lowest BCUT2D eigenvalue weighted by atomic mass is 9.86. The number of furan rings is 1. The van der Waals surface area contributed by atoms with E-state index in [4.69, 9.17) is 19.4 Å². The van der Waals surface area contributed by atoms with Gasteiger partial charge in [-0.1, -0.05) is 182 Å². The van der Waals surface area contributed by atoms with Crippen molar-refractivity contribution in [1.29, 1.82) is 0 Å². The molecule has 7 nitrogen and oxygen atoms in total. The summed E-state index contributed by atoms with van der Waals surface area (Å²) < 4.78 is 13.8. The first-order valence-electron chi connectivity index (χ1n) is 28.0. The molecule has 7 heteroatoms. The van der Waals surface area contributed by atoms with Gasteiger partial charge < -0.3 is 18.1 Å². The van der Waals surface area contributed by atoms with Crippen LogP contribution in [0.2, 0.25) is 0 Å². The first-order chi connectivity index (χ1) is 40.7. The minimum Gasteiger partial charge on any atom is -0.456 e. The molecule has 0 saturated carbocycles. The van der Waals surface area contributed by atoms with Crippen LogP contribution in [0.5, 0.6) is 0 Å². The molecule has 16 aromatic rings. The van der Waals surface area contributed by atoms with E-state index < -0.39 is 0 Å². The first-order valence-corrected chi connectivity index (χ1v) is 28.0. The van der Waals surface area contributed by atoms with Gasteiger partial charge in [-0.05, 0) is 109 Å². The monoisotopic (exact) mass is 1050 g/mol. The van der Waals surface area contributed by atoms with Crippen molar-refractivity contribution in [3.63, 3.8) is 0 Å². The summed E-state index contributed by atoms with van der Waals surface area (Å²) >= 11 is 0. The Kier molecular flexibility index (Phi) is 10.3. The molecule has 17 rings (SSSR count). The first kappa shape index (κ1) is 46.1. The lowest BCUT2D eigenvalue weighted by Gasteiger charge is -2.25. The van der Waals surface area contributed by atoms with Gasteiger partial charge >= 0.3 is 0 Å². The number of aromatic nitrogens is 6. The zero-order chi connectivity index (χ0) is 53.8. The normalized spacial score (nSPS) is 13.6. The zero-order valence-corrected chi connectivity index (χ0v) is 44.4. The van der Waals surface area contributed by atoms with Crippen molar-refractivity contribution >= 4 is 87.4 Å². The molecular formula is C75H48N6O. The fourth-order valence-corrected chi connectivity index (χ4v) is 13.1. The Morgan fingerprint density at radius 2 is 0.805 bits per heavy atom. The number of para-hydroxylation sites is 5. The summed E-state index contributed by atoms with van der Waals surface area (Å²) in [5.74, 6) is 1.77. The van der Waals surface area contributed by atoms with Crippen LogP contribution in [-0.2, 0) is 0 Å². The van der Waals surface area contributed by atoms with E-state index in [0.717, 1.165) is 95.0 Å². The van der Waals surface area contributed by atoms with Crippen LogP contribution in [0.4, 0.5) is 0 Å². The summed E-state index contributed by atoms with van der Waals surface area (Å²) in [7, 11) is 0. The van der Waals surface area contributed by atoms with Crippen molar-refractivity contribution in [2.24, 2.45) is 0 Å². The number of benzene rings is 11. The van der Waals surface area contributed by atoms with Gasteiger partial charge in [0.1, 0.15) is 11.2 Å². The Balaban J connectivity index is 0.952. The largest absolute Gasteiger partial charge is 0.456 e. The maximum absolute atomic E-state index is 6.43. The van der Waals surface area contributed by atoms with Gasteiger partial charge in [-0.25, -0.2) is 15.0 Å². The second-order valence-electron chi connectivity index (χ2n) is 21.4. The fourth-order valence-electron chi connectivity index (χ4n) is 13.1. The van der Waals surface area contributed by atoms with Crippen LogP contribution in [-0.4, -0.2) is 28.7 Å². The van der Waals surface area contributed by atoms with Crippen LogP contribution in [0.1, 0.15) is 17.9 Å². The Hall–Kier alpha value is -10.9. The van der Waals surface area contributed by atoms with Gasteiger partial charge in [0.05, 0.1) is 38.8 Å². The quantitative estimate of drug-likeness (QED) is 0.152. The molecule has 0 aliphatic heterocycles. The summed E-state index contributed by atoms with van der Waals surface area (Å²) in [6.45, 7) is 0. The third kappa shape index (κ3) is 7.19. The Morgan fingerprint density at radius 1 is 0.329 bits per heavy atom. The highest BCUT2D eigenvalue weighted by atomic mass is 16.3. The minimum absolute atomic E-state index is 0.0223. The van der Waals surface area contributed by atoms with Crippen LogP contribution < -0.4 is 0 Å². The topological polar surface area (TPSA) is 66.6 Å². The number of fused-ring (bicyclic) bond motifs is 12. The zero-order valence-electron chi connectivity index (χ0n) is 44.4. The molecule has 5 heterocycles. The van der Waals surface area contributed by atoms with Crippen molar-refractivity contribution in [2.45, 2.75) is 12.3 Å². The van der Waals surface area contributed by atoms with Crippen molar-refractivity contribution in [2.75, 3.05) is 0 Å². The van der Waals surface area contributed by atoms with E-state index in [0.29, 0.717) is 17.5 Å². The highest BCUT2D eigenvalue weighted by Gasteiger charge is 2.27. The molecule has 82 heavy (non-hydrogen) atoms. The van der Waals surface area contributed by atoms with Gasteiger partial charge in [0, 0.05) is 82.6 Å². The van der Waals surface area contributed by atoms with E-state index in [-0.39, 0.29) is 5.92 Å². The lowest BCUT2D eigenvalue weighted by Crippen LogP contribution is -2.09. The van der Waals surface area contributed by atoms with E-state index in [1.165, 1.54) is 49.2 Å². The maximum Gasteiger partial charge on any atom is 0.164 e. The number of allylic oxidation sites excluding steroid dienone is 4. The van der Waals surface area contributed by atoms with E-state index in [1.54, 1.807) is 0 Å². The van der Waals surface area contributed by atoms with E-state index in [1.807, 2.05) is 36.4 Å². The molecular weight excluding hydrogens is 1000 g/mol. The van der Waals surface area contributed by atoms with Crippen molar-refractivity contribution in [3.8, 4) is 62.4 Å². The van der Waals surface area contributed by atoms with Crippen molar-refractivity contribution in [3.05, 3.63) is 279 Å². The van der Waals surface area contributed by atoms with Crippen LogP contribution in [0.15, 0.2) is 277 Å². The molecule has 0 N–H and O–H groups in total. The molecule has 0 fully saturated rings. The van der Waals surface area contributed by atoms with Crippen molar-refractivity contribution < 1.29 is 4.42 Å². The summed E-state index contributed by atoms with van der Waals surface area (Å²) in [4.78, 5) is 16.0.